The largest absolute Gasteiger partial charge is 0.333 e. The van der Waals surface area contributed by atoms with E-state index >= 15 is 0 Å². The molecule has 0 saturated heterocycles. The molecule has 2 heteroatoms. The van der Waals surface area contributed by atoms with Crippen LogP contribution in [-0.2, 0) is 0 Å². The van der Waals surface area contributed by atoms with Crippen LogP contribution in [0.3, 0.4) is 0 Å². The molecule has 0 aliphatic heterocycles. The molecule has 0 aromatic heterocycles. The summed E-state index contributed by atoms with van der Waals surface area (Å²) in [6.07, 6.45) is 0. The molecule has 0 bridgehead atoms. The van der Waals surface area contributed by atoms with Gasteiger partial charge in [-0.2, -0.15) is 0 Å². The van der Waals surface area contributed by atoms with Gasteiger partial charge in [-0.1, -0.05) is 54.1 Å². The van der Waals surface area contributed by atoms with E-state index in [4.69, 9.17) is 11.6 Å². The third kappa shape index (κ3) is 3.39. The fourth-order valence-corrected chi connectivity index (χ4v) is 1.40. The lowest BCUT2D eigenvalue weighted by Crippen LogP contribution is -1.74. The highest BCUT2D eigenvalue weighted by molar-refractivity contribution is 6.30. The second kappa shape index (κ2) is 6.23. The predicted octanol–water partition coefficient (Wildman–Crippen LogP) is 3.58. The van der Waals surface area contributed by atoms with Crippen LogP contribution in [0.25, 0.3) is 11.1 Å². The third-order valence-corrected chi connectivity index (χ3v) is 2.20. The van der Waals surface area contributed by atoms with Gasteiger partial charge in [0.15, 0.2) is 0 Å². The number of hydrogen-bond donors (Lipinski definition) is 1. The van der Waals surface area contributed by atoms with E-state index in [0.717, 1.165) is 5.02 Å². The van der Waals surface area contributed by atoms with Crippen LogP contribution in [0.2, 0.25) is 5.02 Å². The Balaban J connectivity index is 0.000000531. The molecule has 0 unspecified atom stereocenters. The fraction of sp³-hybridized carbons (Fsp3) is 0.0769. The van der Waals surface area contributed by atoms with Crippen molar-refractivity contribution in [2.45, 2.75) is 0 Å². The zero-order valence-electron chi connectivity index (χ0n) is 8.65. The maximum Gasteiger partial charge on any atom is 0.0406 e. The monoisotopic (exact) mass is 219 g/mol. The average molecular weight is 220 g/mol. The number of halogens is 1. The molecule has 0 amide bonds. The van der Waals surface area contributed by atoms with E-state index in [-0.39, 0.29) is 0 Å². The van der Waals surface area contributed by atoms with Crippen LogP contribution in [-0.4, -0.2) is 7.05 Å². The van der Waals surface area contributed by atoms with Gasteiger partial charge in [0.2, 0.25) is 0 Å². The Bertz CT molecular complexity index is 381. The van der Waals surface area contributed by atoms with Gasteiger partial charge in [-0.25, -0.2) is 0 Å². The number of nitrogens with two attached hydrogens (primary N) is 1. The summed E-state index contributed by atoms with van der Waals surface area (Å²) in [6.45, 7) is 0. The van der Waals surface area contributed by atoms with Crippen molar-refractivity contribution in [3.63, 3.8) is 0 Å². The zero-order valence-corrected chi connectivity index (χ0v) is 9.41. The highest BCUT2D eigenvalue weighted by atomic mass is 35.5. The fourth-order valence-electron chi connectivity index (χ4n) is 1.27. The van der Waals surface area contributed by atoms with Gasteiger partial charge in [-0.15, -0.1) is 0 Å². The van der Waals surface area contributed by atoms with Crippen LogP contribution in [0.5, 0.6) is 0 Å². The van der Waals surface area contributed by atoms with E-state index in [2.05, 4.69) is 17.9 Å². The van der Waals surface area contributed by atoms with Gasteiger partial charge >= 0.3 is 0 Å². The minimum Gasteiger partial charge on any atom is -0.333 e. The quantitative estimate of drug-likeness (QED) is 0.780. The molecular weight excluding hydrogens is 206 g/mol. The Morgan fingerprint density at radius 1 is 0.733 bits per heavy atom. The van der Waals surface area contributed by atoms with Gasteiger partial charge < -0.3 is 5.73 Å². The van der Waals surface area contributed by atoms with Gasteiger partial charge in [0.1, 0.15) is 0 Å². The van der Waals surface area contributed by atoms with Crippen LogP contribution in [0.4, 0.5) is 0 Å². The van der Waals surface area contributed by atoms with E-state index in [0.29, 0.717) is 0 Å². The van der Waals surface area contributed by atoms with Crippen molar-refractivity contribution < 1.29 is 0 Å². The molecule has 0 spiro atoms. The first kappa shape index (κ1) is 11.8. The van der Waals surface area contributed by atoms with E-state index in [9.17, 15) is 0 Å². The van der Waals surface area contributed by atoms with E-state index in [1.807, 2.05) is 42.5 Å². The first-order valence-corrected chi connectivity index (χ1v) is 5.13. The summed E-state index contributed by atoms with van der Waals surface area (Å²) >= 11 is 5.80. The van der Waals surface area contributed by atoms with Gasteiger partial charge in [-0.05, 0) is 30.3 Å². The van der Waals surface area contributed by atoms with Gasteiger partial charge in [0, 0.05) is 5.02 Å². The molecule has 2 aromatic carbocycles. The smallest absolute Gasteiger partial charge is 0.0406 e. The predicted molar refractivity (Wildman–Crippen MR) is 67.0 cm³/mol. The summed E-state index contributed by atoms with van der Waals surface area (Å²) in [6, 6.07) is 18.1. The molecule has 2 rings (SSSR count). The maximum absolute atomic E-state index is 5.80. The Morgan fingerprint density at radius 3 is 1.73 bits per heavy atom. The standard InChI is InChI=1S/C12H9Cl.CH5N/c13-12-8-6-11(7-9-12)10-4-2-1-3-5-10;1-2/h1-9H;2H2,1H3. The second-order valence-electron chi connectivity index (χ2n) is 2.87. The third-order valence-electron chi connectivity index (χ3n) is 1.95. The molecule has 0 fully saturated rings. The van der Waals surface area contributed by atoms with Crippen molar-refractivity contribution in [1.29, 1.82) is 0 Å². The molecule has 0 aliphatic carbocycles. The van der Waals surface area contributed by atoms with Crippen LogP contribution in [0.1, 0.15) is 0 Å². The summed E-state index contributed by atoms with van der Waals surface area (Å²) in [5.41, 5.74) is 6.92. The Labute approximate surface area is 95.5 Å². The normalized spacial score (nSPS) is 9.00. The number of benzene rings is 2. The van der Waals surface area contributed by atoms with Gasteiger partial charge in [0.05, 0.1) is 0 Å². The van der Waals surface area contributed by atoms with E-state index in [1.54, 1.807) is 0 Å². The molecule has 0 atom stereocenters. The summed E-state index contributed by atoms with van der Waals surface area (Å²) in [5.74, 6) is 0. The zero-order chi connectivity index (χ0) is 11.1. The minimum absolute atomic E-state index is 0.777. The van der Waals surface area contributed by atoms with Crippen LogP contribution in [0.15, 0.2) is 54.6 Å². The summed E-state index contributed by atoms with van der Waals surface area (Å²) in [5, 5.41) is 0.777. The first-order valence-electron chi connectivity index (χ1n) is 4.75. The highest BCUT2D eigenvalue weighted by Crippen LogP contribution is 2.20. The molecule has 0 radical (unpaired) electrons. The number of rotatable bonds is 1. The molecule has 0 saturated carbocycles. The van der Waals surface area contributed by atoms with Crippen molar-refractivity contribution in [3.8, 4) is 11.1 Å². The Kier molecular flexibility index (Phi) is 4.88. The minimum atomic E-state index is 0.777. The van der Waals surface area contributed by atoms with Crippen molar-refractivity contribution in [2.24, 2.45) is 5.73 Å². The average Bonchev–Trinajstić information content (AvgIpc) is 2.34. The topological polar surface area (TPSA) is 26.0 Å². The lowest BCUT2D eigenvalue weighted by atomic mass is 10.1. The first-order chi connectivity index (χ1) is 7.36. The highest BCUT2D eigenvalue weighted by Gasteiger charge is 1.94. The summed E-state index contributed by atoms with van der Waals surface area (Å²) in [4.78, 5) is 0. The van der Waals surface area contributed by atoms with Crippen molar-refractivity contribution in [1.82, 2.24) is 0 Å². The molecule has 78 valence electrons. The maximum atomic E-state index is 5.80. The number of hydrogen-bond acceptors (Lipinski definition) is 1. The van der Waals surface area contributed by atoms with E-state index < -0.39 is 0 Å². The van der Waals surface area contributed by atoms with Crippen LogP contribution in [0, 0.1) is 0 Å². The Hall–Kier alpha value is -1.31. The molecular formula is C13H14ClN. The second-order valence-corrected chi connectivity index (χ2v) is 3.31. The van der Waals surface area contributed by atoms with Crippen molar-refractivity contribution in [2.75, 3.05) is 7.05 Å². The molecule has 0 heterocycles. The SMILES string of the molecule is CN.Clc1ccc(-c2ccccc2)cc1. The van der Waals surface area contributed by atoms with Crippen molar-refractivity contribution >= 4 is 11.6 Å². The van der Waals surface area contributed by atoms with Crippen LogP contribution >= 0.6 is 11.6 Å². The summed E-state index contributed by atoms with van der Waals surface area (Å²) in [7, 11) is 1.50. The molecule has 1 nitrogen and oxygen atoms in total. The molecule has 15 heavy (non-hydrogen) atoms. The lowest BCUT2D eigenvalue weighted by molar-refractivity contribution is 1.48. The van der Waals surface area contributed by atoms with Gasteiger partial charge in [-0.3, -0.25) is 0 Å². The van der Waals surface area contributed by atoms with Gasteiger partial charge in [0.25, 0.3) is 0 Å². The van der Waals surface area contributed by atoms with E-state index in [1.165, 1.54) is 18.2 Å². The molecule has 0 aliphatic rings. The van der Waals surface area contributed by atoms with Crippen LogP contribution < -0.4 is 5.73 Å². The molecule has 2 aromatic rings. The lowest BCUT2D eigenvalue weighted by Gasteiger charge is -2.00. The van der Waals surface area contributed by atoms with Crippen molar-refractivity contribution in [3.05, 3.63) is 59.6 Å². The molecule has 2 N–H and O–H groups in total. The Morgan fingerprint density at radius 2 is 1.20 bits per heavy atom. The summed E-state index contributed by atoms with van der Waals surface area (Å²) < 4.78 is 0.